The molecule has 2 aromatic carbocycles. The van der Waals surface area contributed by atoms with Gasteiger partial charge in [-0.3, -0.25) is 9.59 Å². The van der Waals surface area contributed by atoms with Gasteiger partial charge < -0.3 is 19.2 Å². The maximum absolute atomic E-state index is 13.0. The normalized spacial score (nSPS) is 10.9. The molecule has 0 aliphatic rings. The summed E-state index contributed by atoms with van der Waals surface area (Å²) in [6, 6.07) is 14.0. The highest BCUT2D eigenvalue weighted by atomic mass is 16.5. The highest BCUT2D eigenvalue weighted by molar-refractivity contribution is 5.83. The van der Waals surface area contributed by atoms with Crippen molar-refractivity contribution in [3.05, 3.63) is 58.8 Å². The lowest BCUT2D eigenvalue weighted by Crippen LogP contribution is -2.32. The second-order valence-electron chi connectivity index (χ2n) is 6.80. The summed E-state index contributed by atoms with van der Waals surface area (Å²) >= 11 is 0. The van der Waals surface area contributed by atoms with Gasteiger partial charge in [-0.2, -0.15) is 0 Å². The third-order valence-electron chi connectivity index (χ3n) is 4.16. The smallest absolute Gasteiger partial charge is 0.257 e. The average Bonchev–Trinajstić information content (AvgIpc) is 2.71. The SMILES string of the molecule is COc1ccc(-c2oc3ccccc3c(=O)c2OCC(=O)NCC(C)C)cc1. The summed E-state index contributed by atoms with van der Waals surface area (Å²) < 4.78 is 16.8. The van der Waals surface area contributed by atoms with E-state index in [1.54, 1.807) is 55.6 Å². The zero-order chi connectivity index (χ0) is 20.1. The van der Waals surface area contributed by atoms with Crippen molar-refractivity contribution in [2.75, 3.05) is 20.3 Å². The Bertz CT molecular complexity index is 1020. The molecule has 1 heterocycles. The first kappa shape index (κ1) is 19.5. The average molecular weight is 381 g/mol. The van der Waals surface area contributed by atoms with Crippen molar-refractivity contribution in [3.8, 4) is 22.8 Å². The van der Waals surface area contributed by atoms with Crippen molar-refractivity contribution in [2.45, 2.75) is 13.8 Å². The van der Waals surface area contributed by atoms with Crippen molar-refractivity contribution < 1.29 is 18.7 Å². The number of nitrogens with one attached hydrogen (secondary N) is 1. The van der Waals surface area contributed by atoms with Crippen LogP contribution in [0.4, 0.5) is 0 Å². The number of rotatable bonds is 7. The number of hydrogen-bond donors (Lipinski definition) is 1. The van der Waals surface area contributed by atoms with Crippen LogP contribution in [0.15, 0.2) is 57.7 Å². The predicted molar refractivity (Wildman–Crippen MR) is 108 cm³/mol. The topological polar surface area (TPSA) is 77.8 Å². The molecule has 0 saturated carbocycles. The van der Waals surface area contributed by atoms with Crippen LogP contribution < -0.4 is 20.2 Å². The van der Waals surface area contributed by atoms with Crippen LogP contribution in [-0.4, -0.2) is 26.2 Å². The molecule has 1 amide bonds. The number of amides is 1. The number of carbonyl (C=O) groups excluding carboxylic acids is 1. The molecular formula is C22H23NO5. The Balaban J connectivity index is 1.99. The quantitative estimate of drug-likeness (QED) is 0.676. The summed E-state index contributed by atoms with van der Waals surface area (Å²) in [5.74, 6) is 1.01. The predicted octanol–water partition coefficient (Wildman–Crippen LogP) is 3.62. The van der Waals surface area contributed by atoms with Crippen molar-refractivity contribution in [1.82, 2.24) is 5.32 Å². The van der Waals surface area contributed by atoms with E-state index in [2.05, 4.69) is 5.32 Å². The Hall–Kier alpha value is -3.28. The highest BCUT2D eigenvalue weighted by Crippen LogP contribution is 2.31. The standard InChI is InChI=1S/C22H23NO5/c1-14(2)12-23-19(24)13-27-22-20(25)17-6-4-5-7-18(17)28-21(22)15-8-10-16(26-3)11-9-15/h4-11,14H,12-13H2,1-3H3,(H,23,24). The first-order chi connectivity index (χ1) is 13.5. The number of hydrogen-bond acceptors (Lipinski definition) is 5. The Morgan fingerprint density at radius 2 is 1.82 bits per heavy atom. The van der Waals surface area contributed by atoms with Crippen LogP contribution in [0.25, 0.3) is 22.3 Å². The Labute approximate surface area is 163 Å². The van der Waals surface area contributed by atoms with Gasteiger partial charge in [-0.25, -0.2) is 0 Å². The number of benzene rings is 2. The minimum Gasteiger partial charge on any atom is -0.497 e. The Kier molecular flexibility index (Phi) is 5.99. The molecular weight excluding hydrogens is 358 g/mol. The minimum absolute atomic E-state index is 0.0172. The molecule has 0 spiro atoms. The molecule has 146 valence electrons. The van der Waals surface area contributed by atoms with Gasteiger partial charge in [0.25, 0.3) is 5.91 Å². The molecule has 3 aromatic rings. The van der Waals surface area contributed by atoms with Crippen LogP contribution in [0, 0.1) is 5.92 Å². The maximum Gasteiger partial charge on any atom is 0.257 e. The fourth-order valence-electron chi connectivity index (χ4n) is 2.70. The summed E-state index contributed by atoms with van der Waals surface area (Å²) in [6.07, 6.45) is 0. The zero-order valence-corrected chi connectivity index (χ0v) is 16.2. The van der Waals surface area contributed by atoms with Crippen molar-refractivity contribution in [2.24, 2.45) is 5.92 Å². The zero-order valence-electron chi connectivity index (χ0n) is 16.2. The van der Waals surface area contributed by atoms with Gasteiger partial charge in [0.15, 0.2) is 12.4 Å². The second kappa shape index (κ2) is 8.61. The minimum atomic E-state index is -0.315. The van der Waals surface area contributed by atoms with Gasteiger partial charge in [-0.05, 0) is 42.3 Å². The third-order valence-corrected chi connectivity index (χ3v) is 4.16. The molecule has 0 bridgehead atoms. The number of carbonyl (C=O) groups is 1. The van der Waals surface area contributed by atoms with Crippen LogP contribution in [0.1, 0.15) is 13.8 Å². The summed E-state index contributed by atoms with van der Waals surface area (Å²) in [4.78, 5) is 25.0. The summed E-state index contributed by atoms with van der Waals surface area (Å²) in [7, 11) is 1.58. The van der Waals surface area contributed by atoms with Crippen LogP contribution in [0.5, 0.6) is 11.5 Å². The Morgan fingerprint density at radius 3 is 2.50 bits per heavy atom. The van der Waals surface area contributed by atoms with Crippen molar-refractivity contribution >= 4 is 16.9 Å². The first-order valence-corrected chi connectivity index (χ1v) is 9.09. The van der Waals surface area contributed by atoms with Gasteiger partial charge in [0.2, 0.25) is 11.2 Å². The Morgan fingerprint density at radius 1 is 1.11 bits per heavy atom. The lowest BCUT2D eigenvalue weighted by molar-refractivity contribution is -0.123. The van der Waals surface area contributed by atoms with Crippen LogP contribution in [0.2, 0.25) is 0 Å². The van der Waals surface area contributed by atoms with Crippen LogP contribution in [0.3, 0.4) is 0 Å². The number of fused-ring (bicyclic) bond motifs is 1. The van der Waals surface area contributed by atoms with Crippen molar-refractivity contribution in [1.29, 1.82) is 0 Å². The third kappa shape index (κ3) is 4.34. The van der Waals surface area contributed by atoms with E-state index in [1.807, 2.05) is 13.8 Å². The molecule has 0 aliphatic heterocycles. The molecule has 1 aromatic heterocycles. The fourth-order valence-corrected chi connectivity index (χ4v) is 2.70. The van der Waals surface area contributed by atoms with E-state index in [9.17, 15) is 9.59 Å². The molecule has 6 heteroatoms. The van der Waals surface area contributed by atoms with Gasteiger partial charge in [-0.1, -0.05) is 26.0 Å². The van der Waals surface area contributed by atoms with Crippen molar-refractivity contribution in [3.63, 3.8) is 0 Å². The van der Waals surface area contributed by atoms with E-state index >= 15 is 0 Å². The summed E-state index contributed by atoms with van der Waals surface area (Å²) in [5, 5.41) is 3.17. The second-order valence-corrected chi connectivity index (χ2v) is 6.80. The largest absolute Gasteiger partial charge is 0.497 e. The molecule has 0 radical (unpaired) electrons. The van der Waals surface area contributed by atoms with Gasteiger partial charge in [-0.15, -0.1) is 0 Å². The lowest BCUT2D eigenvalue weighted by Gasteiger charge is -2.12. The molecule has 0 aliphatic carbocycles. The van der Waals surface area contributed by atoms with E-state index in [4.69, 9.17) is 13.9 Å². The number of para-hydroxylation sites is 1. The molecule has 3 rings (SSSR count). The van der Waals surface area contributed by atoms with E-state index in [-0.39, 0.29) is 29.5 Å². The fraction of sp³-hybridized carbons (Fsp3) is 0.273. The van der Waals surface area contributed by atoms with Gasteiger partial charge in [0, 0.05) is 12.1 Å². The summed E-state index contributed by atoms with van der Waals surface area (Å²) in [5.41, 5.74) is 0.792. The van der Waals surface area contributed by atoms with Crippen LogP contribution in [-0.2, 0) is 4.79 Å². The molecule has 0 saturated heterocycles. The van der Waals surface area contributed by atoms with Crippen LogP contribution >= 0.6 is 0 Å². The molecule has 1 N–H and O–H groups in total. The first-order valence-electron chi connectivity index (χ1n) is 9.09. The molecule has 28 heavy (non-hydrogen) atoms. The van der Waals surface area contributed by atoms with E-state index in [0.29, 0.717) is 34.7 Å². The lowest BCUT2D eigenvalue weighted by atomic mass is 10.1. The van der Waals surface area contributed by atoms with E-state index < -0.39 is 0 Å². The van der Waals surface area contributed by atoms with Gasteiger partial charge >= 0.3 is 0 Å². The number of ether oxygens (including phenoxy) is 2. The van der Waals surface area contributed by atoms with Gasteiger partial charge in [0.1, 0.15) is 11.3 Å². The monoisotopic (exact) mass is 381 g/mol. The highest BCUT2D eigenvalue weighted by Gasteiger charge is 2.19. The van der Waals surface area contributed by atoms with E-state index in [0.717, 1.165) is 0 Å². The molecule has 0 unspecified atom stereocenters. The molecule has 0 fully saturated rings. The molecule has 6 nitrogen and oxygen atoms in total. The van der Waals surface area contributed by atoms with Gasteiger partial charge in [0.05, 0.1) is 12.5 Å². The molecule has 0 atom stereocenters. The number of methoxy groups -OCH3 is 1. The summed E-state index contributed by atoms with van der Waals surface area (Å²) in [6.45, 7) is 4.28. The maximum atomic E-state index is 13.0. The van der Waals surface area contributed by atoms with E-state index in [1.165, 1.54) is 0 Å².